The summed E-state index contributed by atoms with van der Waals surface area (Å²) in [5, 5.41) is 3.48. The Morgan fingerprint density at radius 3 is 2.54 bits per heavy atom. The molecule has 3 rings (SSSR count). The number of rotatable bonds is 3. The number of carbonyl (C=O) groups excluding carboxylic acids is 1. The van der Waals surface area contributed by atoms with Gasteiger partial charge in [0.15, 0.2) is 0 Å². The highest BCUT2D eigenvalue weighted by Crippen LogP contribution is 2.30. The monoisotopic (exact) mass is 366 g/mol. The zero-order chi connectivity index (χ0) is 17.1. The molecule has 126 valence electrons. The number of benzene rings is 2. The molecule has 1 fully saturated rings. The average Bonchev–Trinajstić information content (AvgIpc) is 2.58. The quantitative estimate of drug-likeness (QED) is 0.791. The van der Waals surface area contributed by atoms with Crippen molar-refractivity contribution in [3.63, 3.8) is 0 Å². The molecule has 1 aliphatic rings. The first-order valence-corrected chi connectivity index (χ1v) is 8.61. The molecule has 1 aliphatic heterocycles. The molecule has 0 atom stereocenters. The summed E-state index contributed by atoms with van der Waals surface area (Å²) < 4.78 is 13.7. The van der Waals surface area contributed by atoms with Gasteiger partial charge in [-0.05, 0) is 55.7 Å². The van der Waals surface area contributed by atoms with Gasteiger partial charge in [0, 0.05) is 18.1 Å². The van der Waals surface area contributed by atoms with Crippen molar-refractivity contribution < 1.29 is 9.18 Å². The molecule has 0 spiro atoms. The summed E-state index contributed by atoms with van der Waals surface area (Å²) in [6.07, 6.45) is 3.37. The molecule has 1 amide bonds. The lowest BCUT2D eigenvalue weighted by Gasteiger charge is -2.30. The normalized spacial score (nSPS) is 14.5. The molecule has 1 N–H and O–H groups in total. The number of carbonyl (C=O) groups is 1. The summed E-state index contributed by atoms with van der Waals surface area (Å²) in [5.41, 5.74) is 1.53. The van der Waals surface area contributed by atoms with Crippen LogP contribution in [0.3, 0.4) is 0 Å². The van der Waals surface area contributed by atoms with E-state index in [-0.39, 0.29) is 5.56 Å². The van der Waals surface area contributed by atoms with Gasteiger partial charge in [-0.15, -0.1) is 0 Å². The molecule has 2 aromatic rings. The first-order valence-electron chi connectivity index (χ1n) is 7.85. The number of amides is 1. The van der Waals surface area contributed by atoms with Crippen molar-refractivity contribution >= 4 is 40.5 Å². The van der Waals surface area contributed by atoms with Crippen LogP contribution < -0.4 is 10.2 Å². The van der Waals surface area contributed by atoms with E-state index >= 15 is 0 Å². The standard InChI is InChI=1S/C18H17Cl2FN2O/c19-12-4-6-15(20)14(10-12)18(24)22-16-11-13(21)5-7-17(16)23-8-2-1-3-9-23/h4-7,10-11H,1-3,8-9H2,(H,22,24). The predicted octanol–water partition coefficient (Wildman–Crippen LogP) is 5.38. The van der Waals surface area contributed by atoms with Gasteiger partial charge < -0.3 is 10.2 Å². The van der Waals surface area contributed by atoms with Crippen molar-refractivity contribution in [2.24, 2.45) is 0 Å². The van der Waals surface area contributed by atoms with Crippen LogP contribution in [0, 0.1) is 5.82 Å². The summed E-state index contributed by atoms with van der Waals surface area (Å²) in [6, 6.07) is 9.12. The maximum Gasteiger partial charge on any atom is 0.257 e. The van der Waals surface area contributed by atoms with E-state index in [1.165, 1.54) is 24.6 Å². The summed E-state index contributed by atoms with van der Waals surface area (Å²) in [7, 11) is 0. The van der Waals surface area contributed by atoms with Crippen molar-refractivity contribution in [2.75, 3.05) is 23.3 Å². The zero-order valence-corrected chi connectivity index (χ0v) is 14.5. The number of piperidine rings is 1. The van der Waals surface area contributed by atoms with Crippen molar-refractivity contribution in [3.8, 4) is 0 Å². The molecule has 0 saturated carbocycles. The van der Waals surface area contributed by atoms with E-state index in [2.05, 4.69) is 10.2 Å². The lowest BCUT2D eigenvalue weighted by atomic mass is 10.1. The first kappa shape index (κ1) is 17.1. The Kier molecular flexibility index (Phi) is 5.27. The SMILES string of the molecule is O=C(Nc1cc(F)ccc1N1CCCCC1)c1cc(Cl)ccc1Cl. The molecule has 2 aromatic carbocycles. The minimum atomic E-state index is -0.411. The Labute approximate surface area is 150 Å². The van der Waals surface area contributed by atoms with E-state index in [4.69, 9.17) is 23.2 Å². The fourth-order valence-electron chi connectivity index (χ4n) is 2.88. The molecule has 0 bridgehead atoms. The summed E-state index contributed by atoms with van der Waals surface area (Å²) in [5.74, 6) is -0.811. The number of hydrogen-bond acceptors (Lipinski definition) is 2. The van der Waals surface area contributed by atoms with Crippen molar-refractivity contribution in [3.05, 3.63) is 57.8 Å². The largest absolute Gasteiger partial charge is 0.370 e. The summed E-state index contributed by atoms with van der Waals surface area (Å²) in [4.78, 5) is 14.7. The minimum Gasteiger partial charge on any atom is -0.370 e. The zero-order valence-electron chi connectivity index (χ0n) is 13.0. The van der Waals surface area contributed by atoms with Crippen LogP contribution in [-0.4, -0.2) is 19.0 Å². The van der Waals surface area contributed by atoms with Crippen LogP contribution in [0.5, 0.6) is 0 Å². The van der Waals surface area contributed by atoms with E-state index in [0.29, 0.717) is 15.7 Å². The molecule has 0 radical (unpaired) electrons. The van der Waals surface area contributed by atoms with E-state index in [9.17, 15) is 9.18 Å². The van der Waals surface area contributed by atoms with E-state index in [0.717, 1.165) is 31.6 Å². The van der Waals surface area contributed by atoms with E-state index < -0.39 is 11.7 Å². The highest BCUT2D eigenvalue weighted by atomic mass is 35.5. The van der Waals surface area contributed by atoms with Crippen molar-refractivity contribution in [2.45, 2.75) is 19.3 Å². The van der Waals surface area contributed by atoms with Crippen LogP contribution in [0.25, 0.3) is 0 Å². The van der Waals surface area contributed by atoms with Gasteiger partial charge in [0.2, 0.25) is 0 Å². The van der Waals surface area contributed by atoms with Gasteiger partial charge in [-0.3, -0.25) is 4.79 Å². The number of halogens is 3. The smallest absolute Gasteiger partial charge is 0.257 e. The maximum atomic E-state index is 13.7. The number of hydrogen-bond donors (Lipinski definition) is 1. The van der Waals surface area contributed by atoms with Crippen LogP contribution in [0.15, 0.2) is 36.4 Å². The van der Waals surface area contributed by atoms with Gasteiger partial charge in [0.05, 0.1) is 22.0 Å². The first-order chi connectivity index (χ1) is 11.5. The highest BCUT2D eigenvalue weighted by molar-refractivity contribution is 6.36. The van der Waals surface area contributed by atoms with Gasteiger partial charge in [-0.2, -0.15) is 0 Å². The maximum absolute atomic E-state index is 13.7. The third-order valence-electron chi connectivity index (χ3n) is 4.08. The second-order valence-corrected chi connectivity index (χ2v) is 6.63. The van der Waals surface area contributed by atoms with Gasteiger partial charge >= 0.3 is 0 Å². The molecule has 1 heterocycles. The van der Waals surface area contributed by atoms with Crippen LogP contribution in [0.2, 0.25) is 10.0 Å². The molecule has 3 nitrogen and oxygen atoms in total. The third-order valence-corrected chi connectivity index (χ3v) is 4.64. The second kappa shape index (κ2) is 7.41. The fraction of sp³-hybridized carbons (Fsp3) is 0.278. The van der Waals surface area contributed by atoms with E-state index in [1.807, 2.05) is 0 Å². The summed E-state index contributed by atoms with van der Waals surface area (Å²) >= 11 is 12.0. The minimum absolute atomic E-state index is 0.262. The lowest BCUT2D eigenvalue weighted by molar-refractivity contribution is 0.102. The van der Waals surface area contributed by atoms with E-state index in [1.54, 1.807) is 18.2 Å². The van der Waals surface area contributed by atoms with Crippen LogP contribution in [0.1, 0.15) is 29.6 Å². The Bertz CT molecular complexity index is 761. The Morgan fingerprint density at radius 1 is 1.04 bits per heavy atom. The molecule has 0 unspecified atom stereocenters. The second-order valence-electron chi connectivity index (χ2n) is 5.79. The summed E-state index contributed by atoms with van der Waals surface area (Å²) in [6.45, 7) is 1.79. The number of nitrogens with one attached hydrogen (secondary N) is 1. The van der Waals surface area contributed by atoms with Crippen molar-refractivity contribution in [1.82, 2.24) is 0 Å². The van der Waals surface area contributed by atoms with Gasteiger partial charge in [-0.25, -0.2) is 4.39 Å². The van der Waals surface area contributed by atoms with Gasteiger partial charge in [0.1, 0.15) is 5.82 Å². The van der Waals surface area contributed by atoms with Crippen molar-refractivity contribution in [1.29, 1.82) is 0 Å². The molecule has 24 heavy (non-hydrogen) atoms. The Hall–Kier alpha value is -1.78. The number of anilines is 2. The molecule has 0 aromatic heterocycles. The third kappa shape index (κ3) is 3.82. The number of nitrogens with zero attached hydrogens (tertiary/aromatic N) is 1. The highest BCUT2D eigenvalue weighted by Gasteiger charge is 2.18. The Balaban J connectivity index is 1.89. The molecule has 6 heteroatoms. The van der Waals surface area contributed by atoms with Gasteiger partial charge in [-0.1, -0.05) is 23.2 Å². The lowest BCUT2D eigenvalue weighted by Crippen LogP contribution is -2.30. The Morgan fingerprint density at radius 2 is 1.79 bits per heavy atom. The van der Waals surface area contributed by atoms with Crippen LogP contribution in [0.4, 0.5) is 15.8 Å². The topological polar surface area (TPSA) is 32.3 Å². The molecular weight excluding hydrogens is 350 g/mol. The molecular formula is C18H17Cl2FN2O. The molecule has 0 aliphatic carbocycles. The molecule has 1 saturated heterocycles. The van der Waals surface area contributed by atoms with Crippen LogP contribution in [-0.2, 0) is 0 Å². The fourth-order valence-corrected chi connectivity index (χ4v) is 3.26. The van der Waals surface area contributed by atoms with Crippen LogP contribution >= 0.6 is 23.2 Å². The van der Waals surface area contributed by atoms with Gasteiger partial charge in [0.25, 0.3) is 5.91 Å². The predicted molar refractivity (Wildman–Crippen MR) is 96.9 cm³/mol. The average molecular weight is 367 g/mol.